The second-order valence-electron chi connectivity index (χ2n) is 17.5. The zero-order valence-electron chi connectivity index (χ0n) is 39.3. The summed E-state index contributed by atoms with van der Waals surface area (Å²) in [5, 5.41) is 30.3. The molecule has 9 atom stereocenters. The summed E-state index contributed by atoms with van der Waals surface area (Å²) in [6, 6.07) is -2.91. The van der Waals surface area contributed by atoms with Gasteiger partial charge in [-0.05, 0) is 56.1 Å². The number of thiol groups is 1. The molecule has 0 fully saturated rings. The number of aromatic amines is 1. The maximum atomic E-state index is 13.8. The van der Waals surface area contributed by atoms with Gasteiger partial charge in [0.1, 0.15) is 42.3 Å². The number of carboxylic acids is 1. The molecule has 0 unspecified atom stereocenters. The Labute approximate surface area is 395 Å². The number of nitrogens with one attached hydrogen (secondary N) is 9. The Bertz CT molecular complexity index is 2080. The molecule has 0 aliphatic carbocycles. The van der Waals surface area contributed by atoms with Crippen molar-refractivity contribution in [3.05, 3.63) is 36.0 Å². The zero-order valence-corrected chi connectivity index (χ0v) is 40.2. The molecule has 0 aliphatic heterocycles. The van der Waals surface area contributed by atoms with Crippen LogP contribution < -0.4 is 54.0 Å². The van der Waals surface area contributed by atoms with Gasteiger partial charge >= 0.3 is 5.97 Å². The molecule has 0 saturated carbocycles. The molecule has 22 nitrogen and oxygen atoms in total. The lowest BCUT2D eigenvalue weighted by Gasteiger charge is -2.26. The molecule has 2 aromatic rings. The molecule has 1 heterocycles. The Morgan fingerprint density at radius 1 is 0.657 bits per heavy atom. The first-order valence-corrected chi connectivity index (χ1v) is 22.8. The molecule has 0 saturated heterocycles. The Kier molecular flexibility index (Phi) is 23.3. The smallest absolute Gasteiger partial charge is 0.326 e. The number of aliphatic carboxylic acids is 1. The molecule has 0 radical (unpaired) electrons. The lowest BCUT2D eigenvalue weighted by Crippen LogP contribution is -2.60. The number of nitrogens with two attached hydrogens (primary N) is 2. The van der Waals surface area contributed by atoms with Gasteiger partial charge in [0.05, 0.1) is 19.0 Å². The van der Waals surface area contributed by atoms with E-state index in [2.05, 4.69) is 60.1 Å². The van der Waals surface area contributed by atoms with E-state index >= 15 is 0 Å². The fourth-order valence-electron chi connectivity index (χ4n) is 6.76. The maximum Gasteiger partial charge on any atom is 0.326 e. The van der Waals surface area contributed by atoms with Crippen LogP contribution in [-0.4, -0.2) is 130 Å². The number of rotatable bonds is 28. The molecule has 23 heteroatoms. The molecule has 0 aliphatic rings. The highest BCUT2D eigenvalue weighted by molar-refractivity contribution is 7.80. The molecular formula is C44H69N11O11S. The molecule has 0 bridgehead atoms. The van der Waals surface area contributed by atoms with Crippen LogP contribution >= 0.6 is 12.6 Å². The summed E-state index contributed by atoms with van der Waals surface area (Å²) in [5.74, 6) is -9.23. The van der Waals surface area contributed by atoms with Crippen molar-refractivity contribution < 1.29 is 53.1 Å². The van der Waals surface area contributed by atoms with Crippen molar-refractivity contribution in [1.82, 2.24) is 47.5 Å². The Hall–Kier alpha value is -6.23. The second-order valence-corrected chi connectivity index (χ2v) is 17.8. The summed E-state index contributed by atoms with van der Waals surface area (Å²) in [5.41, 5.74) is 12.7. The average Bonchev–Trinajstić information content (AvgIpc) is 3.66. The van der Waals surface area contributed by atoms with Crippen LogP contribution in [0.15, 0.2) is 30.5 Å². The van der Waals surface area contributed by atoms with Crippen LogP contribution in [0.4, 0.5) is 0 Å². The summed E-state index contributed by atoms with van der Waals surface area (Å²) in [7, 11) is 0. The number of primary amides is 1. The van der Waals surface area contributed by atoms with E-state index in [4.69, 9.17) is 11.5 Å². The van der Waals surface area contributed by atoms with Crippen molar-refractivity contribution in [2.45, 2.75) is 136 Å². The minimum absolute atomic E-state index is 0.00377. The van der Waals surface area contributed by atoms with Gasteiger partial charge in [0.2, 0.25) is 53.2 Å². The van der Waals surface area contributed by atoms with Crippen molar-refractivity contribution in [2.24, 2.45) is 29.2 Å². The van der Waals surface area contributed by atoms with Gasteiger partial charge in [0.15, 0.2) is 0 Å². The number of carboxylic acid groups (broad SMARTS) is 1. The van der Waals surface area contributed by atoms with Gasteiger partial charge in [0.25, 0.3) is 0 Å². The van der Waals surface area contributed by atoms with Gasteiger partial charge in [-0.3, -0.25) is 43.2 Å². The van der Waals surface area contributed by atoms with E-state index in [1.807, 2.05) is 27.7 Å². The highest BCUT2D eigenvalue weighted by Gasteiger charge is 2.34. The second kappa shape index (κ2) is 27.4. The molecule has 14 N–H and O–H groups in total. The first-order valence-electron chi connectivity index (χ1n) is 22.2. The Morgan fingerprint density at radius 3 is 1.76 bits per heavy atom. The zero-order chi connectivity index (χ0) is 50.7. The van der Waals surface area contributed by atoms with Crippen molar-refractivity contribution in [3.63, 3.8) is 0 Å². The molecule has 9 amide bonds. The van der Waals surface area contributed by atoms with Crippen LogP contribution in [-0.2, 0) is 54.4 Å². The van der Waals surface area contributed by atoms with Crippen LogP contribution in [0.2, 0.25) is 0 Å². The van der Waals surface area contributed by atoms with Crippen LogP contribution in [0, 0.1) is 17.8 Å². The van der Waals surface area contributed by atoms with Crippen LogP contribution in [0.1, 0.15) is 86.6 Å². The largest absolute Gasteiger partial charge is 0.480 e. The first-order chi connectivity index (χ1) is 31.4. The van der Waals surface area contributed by atoms with Gasteiger partial charge in [-0.25, -0.2) is 4.79 Å². The fraction of sp³-hybridized carbons (Fsp3) is 0.591. The summed E-state index contributed by atoms with van der Waals surface area (Å²) in [6.45, 7) is 12.9. The van der Waals surface area contributed by atoms with E-state index in [1.165, 1.54) is 13.8 Å². The summed E-state index contributed by atoms with van der Waals surface area (Å²) >= 11 is 4.13. The van der Waals surface area contributed by atoms with E-state index in [9.17, 15) is 53.1 Å². The fourth-order valence-corrected chi connectivity index (χ4v) is 7.01. The minimum atomic E-state index is -1.65. The summed E-state index contributed by atoms with van der Waals surface area (Å²) in [4.78, 5) is 133. The highest BCUT2D eigenvalue weighted by atomic mass is 32.1. The monoisotopic (exact) mass is 959 g/mol. The van der Waals surface area contributed by atoms with Gasteiger partial charge in [-0.2, -0.15) is 12.6 Å². The number of aromatic nitrogens is 1. The molecule has 1 aromatic heterocycles. The third-order valence-corrected chi connectivity index (χ3v) is 11.1. The number of benzene rings is 1. The highest BCUT2D eigenvalue weighted by Crippen LogP contribution is 2.20. The Balaban J connectivity index is 2.09. The van der Waals surface area contributed by atoms with Crippen LogP contribution in [0.25, 0.3) is 10.9 Å². The molecule has 0 spiro atoms. The Morgan fingerprint density at radius 2 is 1.19 bits per heavy atom. The SMILES string of the molecule is CC[C@H](C)[C@H](NC(=O)[C@H](Cc1c[nH]c2ccccc12)NC(=O)[C@H](CC(N)=O)NC(=O)[C@H](C)NC(=O)[C@H](C)NC(=O)[C@H](CS)NC(=O)CNC(=O)[C@H](CC(C)C)NC(=O)[C@@H](N)CC(C)C)C(=O)O. The lowest BCUT2D eigenvalue weighted by atomic mass is 9.98. The number of fused-ring (bicyclic) bond motifs is 1. The van der Waals surface area contributed by atoms with E-state index < -0.39 is 126 Å². The van der Waals surface area contributed by atoms with Crippen molar-refractivity contribution >= 4 is 82.7 Å². The summed E-state index contributed by atoms with van der Waals surface area (Å²) < 4.78 is 0. The normalized spacial score (nSPS) is 15.3. The first kappa shape index (κ1) is 56.9. The number of amides is 9. The minimum Gasteiger partial charge on any atom is -0.480 e. The molecule has 67 heavy (non-hydrogen) atoms. The van der Waals surface area contributed by atoms with E-state index in [0.29, 0.717) is 18.4 Å². The molecule has 2 rings (SSSR count). The third kappa shape index (κ3) is 18.9. The van der Waals surface area contributed by atoms with E-state index in [-0.39, 0.29) is 30.4 Å². The number of H-pyrrole nitrogens is 1. The van der Waals surface area contributed by atoms with Gasteiger partial charge < -0.3 is 64.1 Å². The molecular weight excluding hydrogens is 891 g/mol. The third-order valence-electron chi connectivity index (χ3n) is 10.7. The van der Waals surface area contributed by atoms with Crippen molar-refractivity contribution in [1.29, 1.82) is 0 Å². The van der Waals surface area contributed by atoms with Gasteiger partial charge in [-0.15, -0.1) is 0 Å². The maximum absolute atomic E-state index is 13.8. The number of carbonyl (C=O) groups is 10. The van der Waals surface area contributed by atoms with Crippen molar-refractivity contribution in [3.8, 4) is 0 Å². The van der Waals surface area contributed by atoms with Gasteiger partial charge in [-0.1, -0.05) is 66.2 Å². The predicted octanol–water partition coefficient (Wildman–Crippen LogP) is -1.38. The number of para-hydroxylation sites is 1. The van der Waals surface area contributed by atoms with Crippen LogP contribution in [0.3, 0.4) is 0 Å². The van der Waals surface area contributed by atoms with Gasteiger partial charge in [0, 0.05) is 29.3 Å². The topological polar surface area (TPSA) is 355 Å². The average molecular weight is 960 g/mol. The number of hydrogen-bond acceptors (Lipinski definition) is 12. The van der Waals surface area contributed by atoms with E-state index in [1.54, 1.807) is 44.3 Å². The predicted molar refractivity (Wildman–Crippen MR) is 252 cm³/mol. The summed E-state index contributed by atoms with van der Waals surface area (Å²) in [6.07, 6.45) is 1.88. The van der Waals surface area contributed by atoms with Crippen molar-refractivity contribution in [2.75, 3.05) is 12.3 Å². The molecule has 372 valence electrons. The van der Waals surface area contributed by atoms with Crippen LogP contribution in [0.5, 0.6) is 0 Å². The van der Waals surface area contributed by atoms with E-state index in [0.717, 1.165) is 10.9 Å². The quantitative estimate of drug-likeness (QED) is 0.0439. The number of hydrogen-bond donors (Lipinski definition) is 13. The standard InChI is InChI=1S/C44H69N11O11S/c1-9-23(6)36(44(65)66)55-42(63)31(16-26-18-47-29-13-11-10-12-27(26)29)54-41(62)32(17-34(46)56)52-38(59)25(8)49-37(58)24(7)50-43(64)33(20-67)51-35(57)19-48-40(61)30(15-22(4)5)53-39(60)28(45)14-21(2)3/h10-13,18,21-25,28,30-33,36,47,67H,9,14-17,19-20,45H2,1-8H3,(H2,46,56)(H,48,61)(H,49,58)(H,50,64)(H,51,57)(H,52,59)(H,53,60)(H,54,62)(H,55,63)(H,65,66)/t23-,24-,25-,28-,30-,31-,32-,33-,36-/m0/s1. The number of carbonyl (C=O) groups excluding carboxylic acids is 9. The molecule has 1 aromatic carbocycles. The lowest BCUT2D eigenvalue weighted by molar-refractivity contribution is -0.144.